The maximum absolute atomic E-state index is 13.0. The van der Waals surface area contributed by atoms with Crippen molar-refractivity contribution in [1.82, 2.24) is 0 Å². The van der Waals surface area contributed by atoms with Crippen molar-refractivity contribution in [3.8, 4) is 5.75 Å². The largest absolute Gasteiger partial charge is 0.427 e. The van der Waals surface area contributed by atoms with E-state index in [0.29, 0.717) is 30.6 Å². The summed E-state index contributed by atoms with van der Waals surface area (Å²) >= 11 is 0. The van der Waals surface area contributed by atoms with Crippen LogP contribution in [-0.2, 0) is 26.4 Å². The summed E-state index contributed by atoms with van der Waals surface area (Å²) in [7, 11) is 0. The third-order valence-corrected chi connectivity index (χ3v) is 6.59. The maximum Gasteiger partial charge on any atom is 0.308 e. The number of benzene rings is 1. The van der Waals surface area contributed by atoms with Gasteiger partial charge in [-0.2, -0.15) is 0 Å². The van der Waals surface area contributed by atoms with Gasteiger partial charge in [0.15, 0.2) is 11.4 Å². The third-order valence-electron chi connectivity index (χ3n) is 6.59. The molecule has 2 fully saturated rings. The highest BCUT2D eigenvalue weighted by Crippen LogP contribution is 2.59. The zero-order valence-corrected chi connectivity index (χ0v) is 14.5. The summed E-state index contributed by atoms with van der Waals surface area (Å²) in [4.78, 5) is 36.5. The van der Waals surface area contributed by atoms with Gasteiger partial charge in [0.2, 0.25) is 0 Å². The predicted octanol–water partition coefficient (Wildman–Crippen LogP) is 2.32. The van der Waals surface area contributed by atoms with E-state index in [0.717, 1.165) is 12.0 Å². The first-order chi connectivity index (χ1) is 11.8. The van der Waals surface area contributed by atoms with E-state index >= 15 is 0 Å². The molecule has 0 spiro atoms. The quantitative estimate of drug-likeness (QED) is 0.626. The van der Waals surface area contributed by atoms with Crippen LogP contribution in [-0.4, -0.2) is 22.6 Å². The van der Waals surface area contributed by atoms with E-state index in [-0.39, 0.29) is 29.8 Å². The first-order valence-electron chi connectivity index (χ1n) is 8.87. The van der Waals surface area contributed by atoms with Crippen molar-refractivity contribution >= 4 is 17.5 Å². The fraction of sp³-hybridized carbons (Fsp3) is 0.550. The highest BCUT2D eigenvalue weighted by atomic mass is 16.5. The SMILES string of the molecule is CC(=O)Oc1ccc2c(c1)CC[C@@H]1[C@@H]3CCC(=O)[C@@]3(C)CC(=O)[C@@]21O. The van der Waals surface area contributed by atoms with Gasteiger partial charge in [0, 0.05) is 31.1 Å². The number of hydrogen-bond acceptors (Lipinski definition) is 5. The smallest absolute Gasteiger partial charge is 0.308 e. The molecule has 3 aliphatic carbocycles. The van der Waals surface area contributed by atoms with Gasteiger partial charge >= 0.3 is 5.97 Å². The second-order valence-electron chi connectivity index (χ2n) is 7.91. The number of esters is 1. The molecule has 0 bridgehead atoms. The van der Waals surface area contributed by atoms with Gasteiger partial charge in [0.1, 0.15) is 11.5 Å². The average molecular weight is 342 g/mol. The Kier molecular flexibility index (Phi) is 3.45. The van der Waals surface area contributed by atoms with E-state index in [2.05, 4.69) is 0 Å². The number of aliphatic hydroxyl groups is 1. The second kappa shape index (κ2) is 5.24. The maximum atomic E-state index is 13.0. The van der Waals surface area contributed by atoms with Gasteiger partial charge < -0.3 is 9.84 Å². The van der Waals surface area contributed by atoms with Gasteiger partial charge in [0.25, 0.3) is 0 Å². The Balaban J connectivity index is 1.78. The molecule has 5 heteroatoms. The normalized spacial score (nSPS) is 36.4. The number of carbonyl (C=O) groups excluding carboxylic acids is 3. The van der Waals surface area contributed by atoms with Crippen molar-refractivity contribution in [3.05, 3.63) is 29.3 Å². The van der Waals surface area contributed by atoms with E-state index in [9.17, 15) is 19.5 Å². The van der Waals surface area contributed by atoms with Crippen LogP contribution in [0, 0.1) is 17.3 Å². The Hall–Kier alpha value is -2.01. The third kappa shape index (κ3) is 2.15. The number of ether oxygens (including phenoxy) is 1. The monoisotopic (exact) mass is 342 g/mol. The van der Waals surface area contributed by atoms with E-state index < -0.39 is 17.0 Å². The lowest BCUT2D eigenvalue weighted by atomic mass is 9.53. The van der Waals surface area contributed by atoms with Gasteiger partial charge in [-0.25, -0.2) is 0 Å². The minimum absolute atomic E-state index is 0.0454. The van der Waals surface area contributed by atoms with Crippen LogP contribution in [0.1, 0.15) is 50.7 Å². The molecule has 1 N–H and O–H groups in total. The van der Waals surface area contributed by atoms with E-state index in [1.54, 1.807) is 18.2 Å². The van der Waals surface area contributed by atoms with Crippen LogP contribution in [0.25, 0.3) is 0 Å². The van der Waals surface area contributed by atoms with E-state index in [4.69, 9.17) is 4.74 Å². The van der Waals surface area contributed by atoms with Crippen molar-refractivity contribution in [2.45, 2.75) is 51.6 Å². The molecule has 0 heterocycles. The van der Waals surface area contributed by atoms with Crippen molar-refractivity contribution in [3.63, 3.8) is 0 Å². The molecule has 132 valence electrons. The molecule has 0 unspecified atom stereocenters. The minimum atomic E-state index is -1.53. The number of fused-ring (bicyclic) bond motifs is 5. The zero-order chi connectivity index (χ0) is 18.0. The van der Waals surface area contributed by atoms with Gasteiger partial charge in [-0.15, -0.1) is 0 Å². The van der Waals surface area contributed by atoms with Gasteiger partial charge in [-0.1, -0.05) is 13.0 Å². The summed E-state index contributed by atoms with van der Waals surface area (Å²) in [6.45, 7) is 3.23. The van der Waals surface area contributed by atoms with Crippen LogP contribution in [0.5, 0.6) is 5.75 Å². The van der Waals surface area contributed by atoms with Crippen LogP contribution in [0.2, 0.25) is 0 Å². The van der Waals surface area contributed by atoms with Crippen molar-refractivity contribution < 1.29 is 24.2 Å². The number of rotatable bonds is 1. The Bertz CT molecular complexity index is 797. The van der Waals surface area contributed by atoms with Crippen LogP contribution < -0.4 is 4.74 Å². The van der Waals surface area contributed by atoms with Crippen LogP contribution in [0.3, 0.4) is 0 Å². The molecule has 2 saturated carbocycles. The van der Waals surface area contributed by atoms with Crippen molar-refractivity contribution in [2.75, 3.05) is 0 Å². The first kappa shape index (κ1) is 16.5. The Morgan fingerprint density at radius 3 is 2.60 bits per heavy atom. The lowest BCUT2D eigenvalue weighted by Gasteiger charge is -2.51. The average Bonchev–Trinajstić information content (AvgIpc) is 2.82. The number of ketones is 2. The molecule has 4 atom stereocenters. The molecular formula is C20H22O5. The zero-order valence-electron chi connectivity index (χ0n) is 14.5. The molecule has 25 heavy (non-hydrogen) atoms. The molecule has 5 nitrogen and oxygen atoms in total. The molecule has 0 aromatic heterocycles. The van der Waals surface area contributed by atoms with Crippen LogP contribution >= 0.6 is 0 Å². The summed E-state index contributed by atoms with van der Waals surface area (Å²) < 4.78 is 5.13. The Labute approximate surface area is 146 Å². The molecule has 4 rings (SSSR count). The van der Waals surface area contributed by atoms with Crippen molar-refractivity contribution in [2.24, 2.45) is 17.3 Å². The van der Waals surface area contributed by atoms with Crippen LogP contribution in [0.15, 0.2) is 18.2 Å². The summed E-state index contributed by atoms with van der Waals surface area (Å²) in [6.07, 6.45) is 2.71. The topological polar surface area (TPSA) is 80.7 Å². The lowest BCUT2D eigenvalue weighted by molar-refractivity contribution is -0.169. The van der Waals surface area contributed by atoms with Gasteiger partial charge in [-0.05, 0) is 48.4 Å². The standard InChI is InChI=1S/C20H22O5/c1-11(21)25-13-4-6-14-12(9-13)3-5-16-15-7-8-17(22)19(15,2)10-18(23)20(14,16)24/h4,6,9,15-16,24H,3,5,7-8,10H2,1-2H3/t15-,16+,19-,20+/m0/s1. The van der Waals surface area contributed by atoms with Gasteiger partial charge in [-0.3, -0.25) is 14.4 Å². The number of Topliss-reactive ketones (excluding diaryl/α,β-unsaturated/α-hetero) is 2. The highest BCUT2D eigenvalue weighted by Gasteiger charge is 2.63. The fourth-order valence-corrected chi connectivity index (χ4v) is 5.39. The highest BCUT2D eigenvalue weighted by molar-refractivity contribution is 5.98. The van der Waals surface area contributed by atoms with Gasteiger partial charge in [0.05, 0.1) is 0 Å². The summed E-state index contributed by atoms with van der Waals surface area (Å²) in [5, 5.41) is 11.5. The van der Waals surface area contributed by atoms with E-state index in [1.165, 1.54) is 6.92 Å². The summed E-state index contributed by atoms with van der Waals surface area (Å²) in [6, 6.07) is 5.07. The van der Waals surface area contributed by atoms with Crippen molar-refractivity contribution in [1.29, 1.82) is 0 Å². The molecule has 0 amide bonds. The number of hydrogen-bond donors (Lipinski definition) is 1. The molecule has 0 aliphatic heterocycles. The Morgan fingerprint density at radius 1 is 1.16 bits per heavy atom. The van der Waals surface area contributed by atoms with E-state index in [1.807, 2.05) is 6.92 Å². The fourth-order valence-electron chi connectivity index (χ4n) is 5.39. The molecule has 1 aromatic rings. The Morgan fingerprint density at radius 2 is 1.88 bits per heavy atom. The lowest BCUT2D eigenvalue weighted by Crippen LogP contribution is -2.57. The molecular weight excluding hydrogens is 320 g/mol. The molecule has 1 aromatic carbocycles. The minimum Gasteiger partial charge on any atom is -0.427 e. The second-order valence-corrected chi connectivity index (χ2v) is 7.91. The summed E-state index contributed by atoms with van der Waals surface area (Å²) in [5.74, 6) is -0.253. The van der Waals surface area contributed by atoms with Crippen LogP contribution in [0.4, 0.5) is 0 Å². The molecule has 0 saturated heterocycles. The first-order valence-corrected chi connectivity index (χ1v) is 8.87. The summed E-state index contributed by atoms with van der Waals surface area (Å²) in [5.41, 5.74) is -0.690. The predicted molar refractivity (Wildman–Crippen MR) is 88.9 cm³/mol. The number of aryl methyl sites for hydroxylation is 1. The molecule has 3 aliphatic rings. The number of carbonyl (C=O) groups is 3. The molecule has 0 radical (unpaired) electrons.